The molecule has 0 saturated carbocycles. The van der Waals surface area contributed by atoms with E-state index in [1.165, 1.54) is 43.3 Å². The molecule has 0 atom stereocenters. The van der Waals surface area contributed by atoms with Gasteiger partial charge < -0.3 is 9.88 Å². The fourth-order valence-electron chi connectivity index (χ4n) is 3.69. The van der Waals surface area contributed by atoms with E-state index in [1.807, 2.05) is 11.8 Å². The summed E-state index contributed by atoms with van der Waals surface area (Å²) in [4.78, 5) is 8.67. The van der Waals surface area contributed by atoms with Crippen LogP contribution in [0.2, 0.25) is 0 Å². The minimum absolute atomic E-state index is 1.04. The third kappa shape index (κ3) is 2.51. The van der Waals surface area contributed by atoms with Crippen molar-refractivity contribution in [1.29, 1.82) is 0 Å². The van der Waals surface area contributed by atoms with E-state index in [-0.39, 0.29) is 0 Å². The highest BCUT2D eigenvalue weighted by Gasteiger charge is 2.23. The van der Waals surface area contributed by atoms with Gasteiger partial charge in [0.2, 0.25) is 0 Å². The number of hydrogen-bond acceptors (Lipinski definition) is 2. The molecule has 1 aromatic heterocycles. The molecule has 0 aliphatic carbocycles. The molecule has 1 aliphatic heterocycles. The molecule has 0 radical (unpaired) electrons. The molecule has 0 fully saturated rings. The van der Waals surface area contributed by atoms with Crippen LogP contribution in [0.15, 0.2) is 82.6 Å². The minimum atomic E-state index is 1.04. The fraction of sp³-hybridized carbons (Fsp3) is 0.130. The highest BCUT2D eigenvalue weighted by atomic mass is 32.2. The van der Waals surface area contributed by atoms with Crippen LogP contribution in [-0.2, 0) is 0 Å². The van der Waals surface area contributed by atoms with Gasteiger partial charge in [0.1, 0.15) is 0 Å². The van der Waals surface area contributed by atoms with Gasteiger partial charge in [0.25, 0.3) is 0 Å². The molecule has 1 N–H and O–H groups in total. The van der Waals surface area contributed by atoms with E-state index >= 15 is 0 Å². The van der Waals surface area contributed by atoms with Crippen LogP contribution in [0.5, 0.6) is 0 Å². The number of nitrogens with one attached hydrogen (secondary N) is 1. The number of fused-ring (bicyclic) bond motifs is 3. The Hall–Kier alpha value is -2.65. The van der Waals surface area contributed by atoms with E-state index in [2.05, 4.69) is 89.6 Å². The highest BCUT2D eigenvalue weighted by Crippen LogP contribution is 2.49. The SMILES string of the molecule is CCCN1c2ccccc2Sc2cc(-c3cc4ccccc4[nH]3)ccc21. The van der Waals surface area contributed by atoms with Crippen molar-refractivity contribution in [2.24, 2.45) is 0 Å². The second-order valence-corrected chi connectivity index (χ2v) is 7.76. The van der Waals surface area contributed by atoms with Crippen molar-refractivity contribution < 1.29 is 0 Å². The first kappa shape index (κ1) is 15.6. The summed E-state index contributed by atoms with van der Waals surface area (Å²) >= 11 is 1.87. The molecule has 26 heavy (non-hydrogen) atoms. The molecular formula is C23H20N2S. The van der Waals surface area contributed by atoms with Crippen molar-refractivity contribution >= 4 is 34.0 Å². The molecule has 1 aliphatic rings. The lowest BCUT2D eigenvalue weighted by Gasteiger charge is -2.32. The highest BCUT2D eigenvalue weighted by molar-refractivity contribution is 7.99. The predicted molar refractivity (Wildman–Crippen MR) is 112 cm³/mol. The van der Waals surface area contributed by atoms with Gasteiger partial charge in [0.15, 0.2) is 0 Å². The van der Waals surface area contributed by atoms with Crippen molar-refractivity contribution in [2.75, 3.05) is 11.4 Å². The minimum Gasteiger partial charge on any atom is -0.355 e. The summed E-state index contributed by atoms with van der Waals surface area (Å²) < 4.78 is 0. The Morgan fingerprint density at radius 3 is 2.54 bits per heavy atom. The first-order chi connectivity index (χ1) is 12.8. The van der Waals surface area contributed by atoms with Crippen molar-refractivity contribution in [3.63, 3.8) is 0 Å². The maximum absolute atomic E-state index is 3.55. The van der Waals surface area contributed by atoms with Crippen LogP contribution >= 0.6 is 11.8 Å². The third-order valence-electron chi connectivity index (χ3n) is 4.91. The van der Waals surface area contributed by atoms with E-state index in [4.69, 9.17) is 0 Å². The molecule has 3 heteroatoms. The first-order valence-corrected chi connectivity index (χ1v) is 9.92. The lowest BCUT2D eigenvalue weighted by Crippen LogP contribution is -2.21. The Bertz CT molecular complexity index is 1060. The Balaban J connectivity index is 1.61. The summed E-state index contributed by atoms with van der Waals surface area (Å²) in [5.41, 5.74) is 6.24. The van der Waals surface area contributed by atoms with Crippen LogP contribution in [0.1, 0.15) is 13.3 Å². The number of aromatic nitrogens is 1. The number of rotatable bonds is 3. The Morgan fingerprint density at radius 2 is 1.65 bits per heavy atom. The van der Waals surface area contributed by atoms with Gasteiger partial charge in [-0.3, -0.25) is 0 Å². The molecule has 0 spiro atoms. The Labute approximate surface area is 157 Å². The zero-order chi connectivity index (χ0) is 17.5. The second kappa shape index (κ2) is 6.26. The molecular weight excluding hydrogens is 336 g/mol. The largest absolute Gasteiger partial charge is 0.355 e. The number of aromatic amines is 1. The molecule has 3 aromatic carbocycles. The smallest absolute Gasteiger partial charge is 0.0553 e. The summed E-state index contributed by atoms with van der Waals surface area (Å²) in [7, 11) is 0. The van der Waals surface area contributed by atoms with E-state index in [0.717, 1.165) is 13.0 Å². The van der Waals surface area contributed by atoms with Gasteiger partial charge in [-0.25, -0.2) is 0 Å². The molecule has 2 heterocycles. The van der Waals surface area contributed by atoms with E-state index in [9.17, 15) is 0 Å². The lowest BCUT2D eigenvalue weighted by molar-refractivity contribution is 0.866. The monoisotopic (exact) mass is 356 g/mol. The number of nitrogens with zero attached hydrogens (tertiary/aromatic N) is 1. The standard InChI is InChI=1S/C23H20N2S/c1-2-13-25-20-9-5-6-10-22(20)26-23-15-17(11-12-21(23)25)19-14-16-7-3-4-8-18(16)24-19/h3-12,14-15,24H,2,13H2,1H3. The van der Waals surface area contributed by atoms with Gasteiger partial charge in [0.05, 0.1) is 11.4 Å². The Morgan fingerprint density at radius 1 is 0.846 bits per heavy atom. The van der Waals surface area contributed by atoms with Gasteiger partial charge >= 0.3 is 0 Å². The van der Waals surface area contributed by atoms with Crippen LogP contribution in [0.25, 0.3) is 22.2 Å². The topological polar surface area (TPSA) is 19.0 Å². The summed E-state index contributed by atoms with van der Waals surface area (Å²) in [6.45, 7) is 3.28. The maximum Gasteiger partial charge on any atom is 0.0553 e. The molecule has 0 saturated heterocycles. The molecule has 0 bridgehead atoms. The summed E-state index contributed by atoms with van der Waals surface area (Å²) in [5, 5.41) is 1.26. The van der Waals surface area contributed by atoms with Crippen molar-refractivity contribution in [2.45, 2.75) is 23.1 Å². The Kier molecular flexibility index (Phi) is 3.75. The maximum atomic E-state index is 3.55. The molecule has 128 valence electrons. The van der Waals surface area contributed by atoms with E-state index in [0.29, 0.717) is 0 Å². The van der Waals surface area contributed by atoms with E-state index in [1.54, 1.807) is 0 Å². The summed E-state index contributed by atoms with van der Waals surface area (Å²) in [6, 6.07) is 26.2. The zero-order valence-electron chi connectivity index (χ0n) is 14.7. The fourth-order valence-corrected chi connectivity index (χ4v) is 4.83. The zero-order valence-corrected chi connectivity index (χ0v) is 15.5. The van der Waals surface area contributed by atoms with Crippen molar-refractivity contribution in [1.82, 2.24) is 4.98 Å². The van der Waals surface area contributed by atoms with Crippen LogP contribution in [0.3, 0.4) is 0 Å². The number of para-hydroxylation sites is 2. The van der Waals surface area contributed by atoms with Crippen LogP contribution in [0, 0.1) is 0 Å². The normalized spacial score (nSPS) is 12.9. The number of anilines is 2. The molecule has 2 nitrogen and oxygen atoms in total. The number of hydrogen-bond donors (Lipinski definition) is 1. The average molecular weight is 356 g/mol. The van der Waals surface area contributed by atoms with Crippen LogP contribution in [0.4, 0.5) is 11.4 Å². The molecule has 0 unspecified atom stereocenters. The molecule has 0 amide bonds. The van der Waals surface area contributed by atoms with Crippen molar-refractivity contribution in [3.05, 3.63) is 72.8 Å². The van der Waals surface area contributed by atoms with Gasteiger partial charge in [-0.1, -0.05) is 55.1 Å². The predicted octanol–water partition coefficient (Wildman–Crippen LogP) is 6.85. The summed E-state index contributed by atoms with van der Waals surface area (Å²) in [6.07, 6.45) is 1.13. The molecule has 5 rings (SSSR count). The van der Waals surface area contributed by atoms with Crippen LogP contribution < -0.4 is 4.90 Å². The van der Waals surface area contributed by atoms with E-state index < -0.39 is 0 Å². The van der Waals surface area contributed by atoms with Crippen LogP contribution in [-0.4, -0.2) is 11.5 Å². The number of H-pyrrole nitrogens is 1. The van der Waals surface area contributed by atoms with Crippen molar-refractivity contribution in [3.8, 4) is 11.3 Å². The third-order valence-corrected chi connectivity index (χ3v) is 6.03. The first-order valence-electron chi connectivity index (χ1n) is 9.10. The summed E-state index contributed by atoms with van der Waals surface area (Å²) in [5.74, 6) is 0. The molecule has 4 aromatic rings. The second-order valence-electron chi connectivity index (χ2n) is 6.67. The van der Waals surface area contributed by atoms with Gasteiger partial charge in [0, 0.05) is 32.9 Å². The van der Waals surface area contributed by atoms with Gasteiger partial charge in [-0.05, 0) is 48.4 Å². The quantitative estimate of drug-likeness (QED) is 0.433. The van der Waals surface area contributed by atoms with Gasteiger partial charge in [-0.2, -0.15) is 0 Å². The van der Waals surface area contributed by atoms with Gasteiger partial charge in [-0.15, -0.1) is 0 Å². The lowest BCUT2D eigenvalue weighted by atomic mass is 10.1. The number of benzene rings is 3. The average Bonchev–Trinajstić information content (AvgIpc) is 3.12.